The molecule has 0 unspecified atom stereocenters. The molecule has 3 rings (SSSR count). The number of hydrogen-bond acceptors (Lipinski definition) is 5. The average molecular weight is 442 g/mol. The van der Waals surface area contributed by atoms with Crippen LogP contribution in [-0.2, 0) is 24.3 Å². The van der Waals surface area contributed by atoms with Crippen molar-refractivity contribution in [1.29, 1.82) is 0 Å². The van der Waals surface area contributed by atoms with Crippen LogP contribution in [0.3, 0.4) is 0 Å². The number of nitrogens with zero attached hydrogens (tertiary/aromatic N) is 1. The molecular formula is C20H28FN3O5S. The average Bonchev–Trinajstić information content (AvgIpc) is 3.01. The third-order valence-electron chi connectivity index (χ3n) is 5.41. The predicted octanol–water partition coefficient (Wildman–Crippen LogP) is 1.52. The number of ether oxygens (including phenoxy) is 1. The second kappa shape index (κ2) is 10.3. The molecule has 8 nitrogen and oxygen atoms in total. The number of halogens is 1. The Kier molecular flexibility index (Phi) is 7.79. The smallest absolute Gasteiger partial charge is 0.309 e. The minimum Gasteiger partial charge on any atom is -0.360 e. The van der Waals surface area contributed by atoms with Crippen LogP contribution < -0.4 is 10.6 Å². The zero-order chi connectivity index (χ0) is 21.6. The normalized spacial score (nSPS) is 21.6. The van der Waals surface area contributed by atoms with E-state index in [2.05, 4.69) is 10.6 Å². The van der Waals surface area contributed by atoms with Gasteiger partial charge in [-0.25, -0.2) is 12.8 Å². The first-order valence-electron chi connectivity index (χ1n) is 10.4. The molecule has 2 amide bonds. The Labute approximate surface area is 176 Å². The van der Waals surface area contributed by atoms with E-state index in [-0.39, 0.29) is 24.0 Å². The van der Waals surface area contributed by atoms with E-state index in [0.29, 0.717) is 13.0 Å². The summed E-state index contributed by atoms with van der Waals surface area (Å²) in [6.45, 7) is 0.385. The van der Waals surface area contributed by atoms with Crippen LogP contribution in [0.25, 0.3) is 0 Å². The van der Waals surface area contributed by atoms with Crippen LogP contribution in [0.2, 0.25) is 0 Å². The highest BCUT2D eigenvalue weighted by atomic mass is 32.2. The van der Waals surface area contributed by atoms with Gasteiger partial charge in [0.15, 0.2) is 0 Å². The zero-order valence-electron chi connectivity index (χ0n) is 16.8. The molecule has 2 aliphatic rings. The van der Waals surface area contributed by atoms with Gasteiger partial charge in [0, 0.05) is 12.6 Å². The third-order valence-corrected chi connectivity index (χ3v) is 7.31. The van der Waals surface area contributed by atoms with E-state index < -0.39 is 33.9 Å². The summed E-state index contributed by atoms with van der Waals surface area (Å²) in [6, 6.07) is 4.52. The van der Waals surface area contributed by atoms with Crippen LogP contribution in [0.5, 0.6) is 0 Å². The van der Waals surface area contributed by atoms with Crippen molar-refractivity contribution in [2.24, 2.45) is 0 Å². The Balaban J connectivity index is 1.59. The molecule has 0 radical (unpaired) electrons. The SMILES string of the molecule is O=C(NC[C@@H]1OCCCN1S(=O)(=O)c1ccc(F)cc1)C(=O)NC1CCCCCC1. The lowest BCUT2D eigenvalue weighted by molar-refractivity contribution is -0.140. The van der Waals surface area contributed by atoms with Crippen LogP contribution in [0.1, 0.15) is 44.9 Å². The van der Waals surface area contributed by atoms with Crippen molar-refractivity contribution in [3.8, 4) is 0 Å². The molecule has 1 aliphatic carbocycles. The molecule has 2 N–H and O–H groups in total. The summed E-state index contributed by atoms with van der Waals surface area (Å²) in [5, 5.41) is 5.24. The van der Waals surface area contributed by atoms with Crippen molar-refractivity contribution < 1.29 is 27.1 Å². The Bertz CT molecular complexity index is 839. The van der Waals surface area contributed by atoms with Crippen LogP contribution in [0, 0.1) is 5.82 Å². The molecule has 1 aromatic carbocycles. The molecular weight excluding hydrogens is 413 g/mol. The highest BCUT2D eigenvalue weighted by molar-refractivity contribution is 7.89. The Hall–Kier alpha value is -2.04. The van der Waals surface area contributed by atoms with E-state index in [1.807, 2.05) is 0 Å². The first-order chi connectivity index (χ1) is 14.4. The maximum absolute atomic E-state index is 13.2. The lowest BCUT2D eigenvalue weighted by Crippen LogP contribution is -2.53. The molecule has 166 valence electrons. The topological polar surface area (TPSA) is 105 Å². The van der Waals surface area contributed by atoms with Gasteiger partial charge < -0.3 is 15.4 Å². The third kappa shape index (κ3) is 5.77. The molecule has 2 fully saturated rings. The molecule has 0 spiro atoms. The summed E-state index contributed by atoms with van der Waals surface area (Å²) in [5.41, 5.74) is 0. The number of amides is 2. The second-order valence-corrected chi connectivity index (χ2v) is 9.51. The van der Waals surface area contributed by atoms with Gasteiger partial charge in [-0.15, -0.1) is 0 Å². The molecule has 1 aliphatic heterocycles. The summed E-state index contributed by atoms with van der Waals surface area (Å²) in [7, 11) is -3.93. The van der Waals surface area contributed by atoms with Gasteiger partial charge in [-0.3, -0.25) is 9.59 Å². The van der Waals surface area contributed by atoms with Gasteiger partial charge in [0.2, 0.25) is 10.0 Å². The minimum absolute atomic E-state index is 0.00738. The number of carbonyl (C=O) groups excluding carboxylic acids is 2. The van der Waals surface area contributed by atoms with Gasteiger partial charge in [-0.05, 0) is 43.5 Å². The summed E-state index contributed by atoms with van der Waals surface area (Å²) in [4.78, 5) is 24.4. The van der Waals surface area contributed by atoms with E-state index in [4.69, 9.17) is 4.74 Å². The summed E-state index contributed by atoms with van der Waals surface area (Å²) >= 11 is 0. The molecule has 1 saturated heterocycles. The van der Waals surface area contributed by atoms with Gasteiger partial charge in [0.1, 0.15) is 12.0 Å². The summed E-state index contributed by atoms with van der Waals surface area (Å²) in [5.74, 6) is -2.06. The fourth-order valence-electron chi connectivity index (χ4n) is 3.78. The Morgan fingerprint density at radius 1 is 1.03 bits per heavy atom. The second-order valence-electron chi connectivity index (χ2n) is 7.62. The van der Waals surface area contributed by atoms with Crippen LogP contribution in [0.15, 0.2) is 29.2 Å². The van der Waals surface area contributed by atoms with Crippen molar-refractivity contribution in [2.45, 2.75) is 62.1 Å². The number of sulfonamides is 1. The zero-order valence-corrected chi connectivity index (χ0v) is 17.6. The van der Waals surface area contributed by atoms with Gasteiger partial charge in [-0.1, -0.05) is 25.7 Å². The number of hydrogen-bond donors (Lipinski definition) is 2. The van der Waals surface area contributed by atoms with Gasteiger partial charge in [-0.2, -0.15) is 4.31 Å². The fourth-order valence-corrected chi connectivity index (χ4v) is 5.34. The fraction of sp³-hybridized carbons (Fsp3) is 0.600. The highest BCUT2D eigenvalue weighted by Gasteiger charge is 2.35. The molecule has 1 aromatic rings. The van der Waals surface area contributed by atoms with E-state index in [0.717, 1.165) is 55.0 Å². The van der Waals surface area contributed by atoms with Crippen molar-refractivity contribution in [3.63, 3.8) is 0 Å². The first kappa shape index (κ1) is 22.6. The van der Waals surface area contributed by atoms with Crippen LogP contribution in [-0.4, -0.2) is 56.5 Å². The molecule has 0 bridgehead atoms. The van der Waals surface area contributed by atoms with Gasteiger partial charge >= 0.3 is 11.8 Å². The number of rotatable bonds is 5. The molecule has 1 atom stereocenters. The van der Waals surface area contributed by atoms with Crippen LogP contribution >= 0.6 is 0 Å². The first-order valence-corrected chi connectivity index (χ1v) is 11.8. The Morgan fingerprint density at radius 2 is 1.70 bits per heavy atom. The van der Waals surface area contributed by atoms with Crippen molar-refractivity contribution in [3.05, 3.63) is 30.1 Å². The molecule has 10 heteroatoms. The molecule has 1 saturated carbocycles. The quantitative estimate of drug-likeness (QED) is 0.533. The van der Waals surface area contributed by atoms with Crippen molar-refractivity contribution >= 4 is 21.8 Å². The largest absolute Gasteiger partial charge is 0.360 e. The molecule has 30 heavy (non-hydrogen) atoms. The predicted molar refractivity (Wildman–Crippen MR) is 107 cm³/mol. The number of nitrogens with one attached hydrogen (secondary N) is 2. The van der Waals surface area contributed by atoms with E-state index in [1.165, 1.54) is 12.1 Å². The van der Waals surface area contributed by atoms with Gasteiger partial charge in [0.25, 0.3) is 0 Å². The summed E-state index contributed by atoms with van der Waals surface area (Å²) < 4.78 is 45.7. The Morgan fingerprint density at radius 3 is 2.37 bits per heavy atom. The highest BCUT2D eigenvalue weighted by Crippen LogP contribution is 2.22. The van der Waals surface area contributed by atoms with E-state index in [1.54, 1.807) is 0 Å². The van der Waals surface area contributed by atoms with Crippen molar-refractivity contribution in [2.75, 3.05) is 19.7 Å². The maximum Gasteiger partial charge on any atom is 0.309 e. The standard InChI is InChI=1S/C20H28FN3O5S/c21-15-8-10-17(11-9-15)30(27,28)24-12-5-13-29-18(24)14-22-19(25)20(26)23-16-6-3-1-2-4-7-16/h8-11,16,18H,1-7,12-14H2,(H,22,25)(H,23,26)/t18-/m0/s1. The molecule has 0 aromatic heterocycles. The number of carbonyl (C=O) groups is 2. The van der Waals surface area contributed by atoms with E-state index in [9.17, 15) is 22.4 Å². The lowest BCUT2D eigenvalue weighted by atomic mass is 10.1. The maximum atomic E-state index is 13.2. The van der Waals surface area contributed by atoms with E-state index >= 15 is 0 Å². The summed E-state index contributed by atoms with van der Waals surface area (Å²) in [6.07, 6.45) is 5.59. The molecule has 1 heterocycles. The van der Waals surface area contributed by atoms with Gasteiger partial charge in [0.05, 0.1) is 18.0 Å². The van der Waals surface area contributed by atoms with Crippen LogP contribution in [0.4, 0.5) is 4.39 Å². The van der Waals surface area contributed by atoms with Crippen molar-refractivity contribution in [1.82, 2.24) is 14.9 Å². The monoisotopic (exact) mass is 441 g/mol. The number of benzene rings is 1. The minimum atomic E-state index is -3.93. The lowest BCUT2D eigenvalue weighted by Gasteiger charge is -2.34.